The van der Waals surface area contributed by atoms with E-state index in [1.54, 1.807) is 12.1 Å². The van der Waals surface area contributed by atoms with Crippen molar-refractivity contribution in [2.75, 3.05) is 0 Å². The SMILES string of the molecule is CC(C)c1nc(C(C)C)c(COc2ccccc2)c(-c2ccc(F)cc2)c1C=CC1Cc2c(ccc3c2CCC=C3)-c2ccccc21. The molecule has 7 rings (SSSR count). The molecular formula is C44H42FNO. The molecule has 236 valence electrons. The Hall–Kier alpha value is -4.76. The van der Waals surface area contributed by atoms with E-state index >= 15 is 0 Å². The average molecular weight is 620 g/mol. The fourth-order valence-corrected chi connectivity index (χ4v) is 7.39. The van der Waals surface area contributed by atoms with Crippen molar-refractivity contribution >= 4 is 12.2 Å². The van der Waals surface area contributed by atoms with Crippen LogP contribution in [0.25, 0.3) is 34.4 Å². The Morgan fingerprint density at radius 1 is 0.809 bits per heavy atom. The van der Waals surface area contributed by atoms with Crippen LogP contribution in [0.4, 0.5) is 4.39 Å². The fraction of sp³-hybridized carbons (Fsp3) is 0.250. The molecule has 0 N–H and O–H groups in total. The van der Waals surface area contributed by atoms with E-state index < -0.39 is 0 Å². The minimum absolute atomic E-state index is 0.182. The Morgan fingerprint density at radius 3 is 2.32 bits per heavy atom. The van der Waals surface area contributed by atoms with E-state index in [1.807, 2.05) is 42.5 Å². The van der Waals surface area contributed by atoms with E-state index in [0.717, 1.165) is 58.7 Å². The molecule has 1 atom stereocenters. The number of benzene rings is 4. The first-order valence-corrected chi connectivity index (χ1v) is 17.0. The summed E-state index contributed by atoms with van der Waals surface area (Å²) >= 11 is 0. The van der Waals surface area contributed by atoms with Gasteiger partial charge in [0.25, 0.3) is 0 Å². The van der Waals surface area contributed by atoms with Crippen molar-refractivity contribution in [1.29, 1.82) is 0 Å². The predicted octanol–water partition coefficient (Wildman–Crippen LogP) is 11.7. The summed E-state index contributed by atoms with van der Waals surface area (Å²) in [6, 6.07) is 30.3. The number of hydrogen-bond acceptors (Lipinski definition) is 2. The molecule has 0 saturated carbocycles. The Morgan fingerprint density at radius 2 is 1.55 bits per heavy atom. The van der Waals surface area contributed by atoms with Gasteiger partial charge in [0.15, 0.2) is 0 Å². The second kappa shape index (κ2) is 13.2. The lowest BCUT2D eigenvalue weighted by molar-refractivity contribution is 0.304. The molecule has 1 unspecified atom stereocenters. The van der Waals surface area contributed by atoms with Crippen molar-refractivity contribution < 1.29 is 9.13 Å². The van der Waals surface area contributed by atoms with Crippen molar-refractivity contribution in [3.63, 3.8) is 0 Å². The van der Waals surface area contributed by atoms with Crippen LogP contribution >= 0.6 is 0 Å². The third kappa shape index (κ3) is 6.07. The van der Waals surface area contributed by atoms with E-state index in [4.69, 9.17) is 9.72 Å². The molecule has 4 aromatic carbocycles. The van der Waals surface area contributed by atoms with Gasteiger partial charge in [0, 0.05) is 17.0 Å². The maximum atomic E-state index is 14.3. The standard InChI is InChI=1S/C44H42FNO/c1-28(2)43-39(25-21-32-26-40-35-15-9-8-12-30(35)20-24-38(40)37-17-11-10-16-36(32)37)42(31-18-22-33(45)23-19-31)41(44(46-43)29(3)4)27-47-34-13-6-5-7-14-34/h5-8,10-14,16-25,28-29,32H,9,15,26-27H2,1-4H3. The molecule has 0 fully saturated rings. The van der Waals surface area contributed by atoms with E-state index in [1.165, 1.54) is 33.4 Å². The number of aromatic nitrogens is 1. The third-order valence-corrected chi connectivity index (χ3v) is 9.65. The van der Waals surface area contributed by atoms with Crippen LogP contribution in [0.5, 0.6) is 5.75 Å². The number of fused-ring (bicyclic) bond motifs is 5. The van der Waals surface area contributed by atoms with Gasteiger partial charge in [-0.3, -0.25) is 4.98 Å². The molecule has 1 heterocycles. The molecule has 0 bridgehead atoms. The molecule has 0 amide bonds. The second-order valence-electron chi connectivity index (χ2n) is 13.4. The first kappa shape index (κ1) is 30.9. The molecule has 0 radical (unpaired) electrons. The number of allylic oxidation sites excluding steroid dienone is 2. The topological polar surface area (TPSA) is 22.1 Å². The van der Waals surface area contributed by atoms with Crippen LogP contribution in [0, 0.1) is 5.82 Å². The average Bonchev–Trinajstić information content (AvgIpc) is 3.09. The Balaban J connectivity index is 1.40. The van der Waals surface area contributed by atoms with Crippen LogP contribution in [-0.4, -0.2) is 4.98 Å². The fourth-order valence-electron chi connectivity index (χ4n) is 7.39. The van der Waals surface area contributed by atoms with Gasteiger partial charge in [0.1, 0.15) is 18.2 Å². The van der Waals surface area contributed by atoms with Gasteiger partial charge in [-0.15, -0.1) is 0 Å². The molecule has 0 spiro atoms. The van der Waals surface area contributed by atoms with Crippen LogP contribution in [0.15, 0.2) is 103 Å². The number of nitrogens with zero attached hydrogens (tertiary/aromatic N) is 1. The van der Waals surface area contributed by atoms with Crippen LogP contribution in [-0.2, 0) is 19.4 Å². The summed E-state index contributed by atoms with van der Waals surface area (Å²) in [6.45, 7) is 9.17. The lowest BCUT2D eigenvalue weighted by Crippen LogP contribution is -2.14. The van der Waals surface area contributed by atoms with E-state index in [-0.39, 0.29) is 23.6 Å². The summed E-state index contributed by atoms with van der Waals surface area (Å²) in [5.41, 5.74) is 14.7. The number of para-hydroxylation sites is 1. The molecule has 0 saturated heterocycles. The smallest absolute Gasteiger partial charge is 0.123 e. The molecule has 1 aromatic heterocycles. The van der Waals surface area contributed by atoms with E-state index in [0.29, 0.717) is 6.61 Å². The molecule has 5 aromatic rings. The molecule has 47 heavy (non-hydrogen) atoms. The zero-order valence-corrected chi connectivity index (χ0v) is 27.8. The molecule has 0 aliphatic heterocycles. The zero-order valence-electron chi connectivity index (χ0n) is 27.8. The summed E-state index contributed by atoms with van der Waals surface area (Å²) in [5.74, 6) is 1.15. The molecule has 2 nitrogen and oxygen atoms in total. The highest BCUT2D eigenvalue weighted by molar-refractivity contribution is 5.82. The van der Waals surface area contributed by atoms with Gasteiger partial charge < -0.3 is 4.74 Å². The van der Waals surface area contributed by atoms with Crippen LogP contribution < -0.4 is 4.74 Å². The Labute approximate surface area is 278 Å². The quantitative estimate of drug-likeness (QED) is 0.172. The van der Waals surface area contributed by atoms with Gasteiger partial charge >= 0.3 is 0 Å². The van der Waals surface area contributed by atoms with Crippen LogP contribution in [0.1, 0.15) is 96.6 Å². The molecule has 2 aliphatic rings. The van der Waals surface area contributed by atoms with Crippen LogP contribution in [0.3, 0.4) is 0 Å². The summed E-state index contributed by atoms with van der Waals surface area (Å²) in [7, 11) is 0. The van der Waals surface area contributed by atoms with Crippen molar-refractivity contribution in [1.82, 2.24) is 4.98 Å². The predicted molar refractivity (Wildman–Crippen MR) is 193 cm³/mol. The highest BCUT2D eigenvalue weighted by atomic mass is 19.1. The highest BCUT2D eigenvalue weighted by Gasteiger charge is 2.28. The maximum absolute atomic E-state index is 14.3. The zero-order chi connectivity index (χ0) is 32.5. The number of rotatable bonds is 8. The number of pyridine rings is 1. The first-order chi connectivity index (χ1) is 22.9. The Bertz CT molecular complexity index is 1970. The minimum Gasteiger partial charge on any atom is -0.489 e. The third-order valence-electron chi connectivity index (χ3n) is 9.65. The van der Waals surface area contributed by atoms with Gasteiger partial charge in [-0.25, -0.2) is 4.39 Å². The van der Waals surface area contributed by atoms with E-state index in [9.17, 15) is 4.39 Å². The summed E-state index contributed by atoms with van der Waals surface area (Å²) in [4.78, 5) is 5.38. The van der Waals surface area contributed by atoms with Gasteiger partial charge in [-0.05, 0) is 99.9 Å². The minimum atomic E-state index is -0.245. The van der Waals surface area contributed by atoms with Gasteiger partial charge in [0.2, 0.25) is 0 Å². The lowest BCUT2D eigenvalue weighted by Gasteiger charge is -2.30. The largest absolute Gasteiger partial charge is 0.489 e. The second-order valence-corrected chi connectivity index (χ2v) is 13.4. The van der Waals surface area contributed by atoms with Crippen molar-refractivity contribution in [3.05, 3.63) is 154 Å². The highest BCUT2D eigenvalue weighted by Crippen LogP contribution is 2.45. The van der Waals surface area contributed by atoms with Crippen LogP contribution in [0.2, 0.25) is 0 Å². The molecule has 2 aliphatic carbocycles. The summed E-state index contributed by atoms with van der Waals surface area (Å²) in [5, 5.41) is 0. The van der Waals surface area contributed by atoms with E-state index in [2.05, 4.69) is 88.4 Å². The normalized spacial score (nSPS) is 15.2. The maximum Gasteiger partial charge on any atom is 0.123 e. The van der Waals surface area contributed by atoms with Gasteiger partial charge in [-0.1, -0.05) is 119 Å². The summed E-state index contributed by atoms with van der Waals surface area (Å²) in [6.07, 6.45) is 12.4. The van der Waals surface area contributed by atoms with Crippen molar-refractivity contribution in [2.45, 2.75) is 71.3 Å². The Kier molecular flexibility index (Phi) is 8.64. The number of ether oxygens (including phenoxy) is 1. The molecular weight excluding hydrogens is 577 g/mol. The number of hydrogen-bond donors (Lipinski definition) is 0. The van der Waals surface area contributed by atoms with Gasteiger partial charge in [-0.2, -0.15) is 0 Å². The van der Waals surface area contributed by atoms with Crippen molar-refractivity contribution in [3.8, 4) is 28.0 Å². The molecule has 3 heteroatoms. The lowest BCUT2D eigenvalue weighted by atomic mass is 9.74. The van der Waals surface area contributed by atoms with Gasteiger partial charge in [0.05, 0.1) is 11.4 Å². The number of halogens is 1. The van der Waals surface area contributed by atoms with Crippen molar-refractivity contribution in [2.24, 2.45) is 0 Å². The monoisotopic (exact) mass is 619 g/mol. The first-order valence-electron chi connectivity index (χ1n) is 17.0. The summed E-state index contributed by atoms with van der Waals surface area (Å²) < 4.78 is 20.7.